The second kappa shape index (κ2) is 2.51. The number of nitrogens with zero attached hydrogens (tertiary/aromatic N) is 2. The summed E-state index contributed by atoms with van der Waals surface area (Å²) >= 11 is 0. The average Bonchev–Trinajstić information content (AvgIpc) is 1.88. The second-order valence-electron chi connectivity index (χ2n) is 1.76. The van der Waals surface area contributed by atoms with Gasteiger partial charge in [0, 0.05) is 19.2 Å². The van der Waals surface area contributed by atoms with Crippen LogP contribution in [-0.4, -0.2) is 15.8 Å². The van der Waals surface area contributed by atoms with Crippen molar-refractivity contribution in [3.05, 3.63) is 24.0 Å². The minimum Gasteiger partial charge on any atom is -0.291 e. The van der Waals surface area contributed by atoms with Crippen molar-refractivity contribution in [2.24, 2.45) is 0 Å². The highest BCUT2D eigenvalue weighted by Gasteiger charge is 2.01. The van der Waals surface area contributed by atoms with Crippen molar-refractivity contribution in [2.75, 3.05) is 0 Å². The molecule has 0 aliphatic rings. The first-order valence-electron chi connectivity index (χ1n) is 2.69. The van der Waals surface area contributed by atoms with E-state index in [-0.39, 0.29) is 11.6 Å². The lowest BCUT2D eigenvalue weighted by Crippen LogP contribution is -2.01. The number of ketones is 1. The zero-order valence-corrected chi connectivity index (χ0v) is 5.34. The SMILES string of the molecule is CC(=O)c1nccc(F)n1. The van der Waals surface area contributed by atoms with Crippen molar-refractivity contribution in [1.29, 1.82) is 0 Å². The third-order valence-electron chi connectivity index (χ3n) is 0.936. The van der Waals surface area contributed by atoms with Crippen LogP contribution in [0.3, 0.4) is 0 Å². The number of carbonyl (C=O) groups is 1. The van der Waals surface area contributed by atoms with E-state index in [1.54, 1.807) is 0 Å². The highest BCUT2D eigenvalue weighted by atomic mass is 19.1. The minimum atomic E-state index is -0.680. The lowest BCUT2D eigenvalue weighted by molar-refractivity contribution is 0.100. The summed E-state index contributed by atoms with van der Waals surface area (Å²) in [6.07, 6.45) is 1.21. The van der Waals surface area contributed by atoms with Gasteiger partial charge in [0.05, 0.1) is 0 Å². The largest absolute Gasteiger partial charge is 0.291 e. The van der Waals surface area contributed by atoms with Gasteiger partial charge < -0.3 is 0 Å². The summed E-state index contributed by atoms with van der Waals surface area (Å²) in [5, 5.41) is 0. The normalized spacial score (nSPS) is 9.40. The van der Waals surface area contributed by atoms with E-state index >= 15 is 0 Å². The molecule has 0 radical (unpaired) electrons. The highest BCUT2D eigenvalue weighted by Crippen LogP contribution is 1.92. The summed E-state index contributed by atoms with van der Waals surface area (Å²) in [4.78, 5) is 17.3. The lowest BCUT2D eigenvalue weighted by Gasteiger charge is -1.90. The zero-order chi connectivity index (χ0) is 7.56. The predicted molar refractivity (Wildman–Crippen MR) is 32.0 cm³/mol. The molecule has 0 aliphatic carbocycles. The third kappa shape index (κ3) is 1.34. The number of Topliss-reactive ketones (excluding diaryl/α,β-unsaturated/α-hetero) is 1. The van der Waals surface area contributed by atoms with Gasteiger partial charge in [0.2, 0.25) is 5.95 Å². The van der Waals surface area contributed by atoms with Gasteiger partial charge in [-0.1, -0.05) is 0 Å². The molecule has 0 fully saturated rings. The Labute approximate surface area is 56.9 Å². The summed E-state index contributed by atoms with van der Waals surface area (Å²) in [6, 6.07) is 1.09. The van der Waals surface area contributed by atoms with Crippen LogP contribution in [0.4, 0.5) is 4.39 Å². The molecule has 0 unspecified atom stereocenters. The molecular formula is C6H5FN2O. The van der Waals surface area contributed by atoms with Crippen molar-refractivity contribution in [3.8, 4) is 0 Å². The van der Waals surface area contributed by atoms with Crippen molar-refractivity contribution < 1.29 is 9.18 Å². The molecule has 1 heterocycles. The van der Waals surface area contributed by atoms with E-state index < -0.39 is 5.95 Å². The van der Waals surface area contributed by atoms with Crippen molar-refractivity contribution in [1.82, 2.24) is 9.97 Å². The van der Waals surface area contributed by atoms with Crippen LogP contribution in [0.15, 0.2) is 12.3 Å². The molecule has 0 N–H and O–H groups in total. The van der Waals surface area contributed by atoms with Crippen molar-refractivity contribution >= 4 is 5.78 Å². The lowest BCUT2D eigenvalue weighted by atomic mass is 10.4. The molecule has 0 amide bonds. The maximum absolute atomic E-state index is 12.2. The Morgan fingerprint density at radius 3 is 2.80 bits per heavy atom. The highest BCUT2D eigenvalue weighted by molar-refractivity contribution is 5.89. The molecule has 0 saturated heterocycles. The van der Waals surface area contributed by atoms with Crippen molar-refractivity contribution in [3.63, 3.8) is 0 Å². The fourth-order valence-electron chi connectivity index (χ4n) is 0.506. The molecule has 1 aromatic rings. The van der Waals surface area contributed by atoms with E-state index in [1.165, 1.54) is 13.1 Å². The van der Waals surface area contributed by atoms with E-state index in [4.69, 9.17) is 0 Å². The second-order valence-corrected chi connectivity index (χ2v) is 1.76. The first-order chi connectivity index (χ1) is 4.70. The molecule has 1 aromatic heterocycles. The van der Waals surface area contributed by atoms with Gasteiger partial charge in [-0.15, -0.1) is 0 Å². The van der Waals surface area contributed by atoms with Crippen LogP contribution in [0, 0.1) is 5.95 Å². The third-order valence-corrected chi connectivity index (χ3v) is 0.936. The molecule has 4 heteroatoms. The van der Waals surface area contributed by atoms with Gasteiger partial charge in [0.25, 0.3) is 0 Å². The van der Waals surface area contributed by atoms with Crippen LogP contribution in [0.1, 0.15) is 17.5 Å². The van der Waals surface area contributed by atoms with Crippen LogP contribution in [0.5, 0.6) is 0 Å². The van der Waals surface area contributed by atoms with Crippen molar-refractivity contribution in [2.45, 2.75) is 6.92 Å². The molecule has 0 aromatic carbocycles. The summed E-state index contributed by atoms with van der Waals surface area (Å²) in [5.41, 5.74) is 0. The van der Waals surface area contributed by atoms with E-state index in [2.05, 4.69) is 9.97 Å². The Hall–Kier alpha value is -1.32. The molecule has 0 atom stereocenters. The first kappa shape index (κ1) is 6.80. The number of carbonyl (C=O) groups excluding carboxylic acids is 1. The molecule has 1 rings (SSSR count). The Bertz CT molecular complexity index is 262. The maximum Gasteiger partial charge on any atom is 0.216 e. The van der Waals surface area contributed by atoms with Gasteiger partial charge in [0.15, 0.2) is 11.6 Å². The number of rotatable bonds is 1. The summed E-state index contributed by atoms with van der Waals surface area (Å²) in [5.74, 6) is -1.10. The van der Waals surface area contributed by atoms with Crippen LogP contribution < -0.4 is 0 Å². The van der Waals surface area contributed by atoms with E-state index in [1.807, 2.05) is 0 Å². The topological polar surface area (TPSA) is 42.9 Å². The Balaban J connectivity index is 3.07. The van der Waals surface area contributed by atoms with Gasteiger partial charge in [-0.3, -0.25) is 4.79 Å². The fraction of sp³-hybridized carbons (Fsp3) is 0.167. The van der Waals surface area contributed by atoms with Gasteiger partial charge in [-0.2, -0.15) is 9.37 Å². The van der Waals surface area contributed by atoms with E-state index in [9.17, 15) is 9.18 Å². The quantitative estimate of drug-likeness (QED) is 0.428. The molecule has 3 nitrogen and oxygen atoms in total. The van der Waals surface area contributed by atoms with Crippen LogP contribution >= 0.6 is 0 Å². The molecule has 52 valence electrons. The summed E-state index contributed by atoms with van der Waals surface area (Å²) < 4.78 is 12.2. The van der Waals surface area contributed by atoms with Gasteiger partial charge >= 0.3 is 0 Å². The molecule has 10 heavy (non-hydrogen) atoms. The number of hydrogen-bond acceptors (Lipinski definition) is 3. The Morgan fingerprint density at radius 1 is 1.70 bits per heavy atom. The van der Waals surface area contributed by atoms with Gasteiger partial charge in [0.1, 0.15) is 0 Å². The fourth-order valence-corrected chi connectivity index (χ4v) is 0.506. The number of hydrogen-bond donors (Lipinski definition) is 0. The predicted octanol–water partition coefficient (Wildman–Crippen LogP) is 0.818. The van der Waals surface area contributed by atoms with Gasteiger partial charge in [-0.05, 0) is 0 Å². The number of halogens is 1. The van der Waals surface area contributed by atoms with Crippen LogP contribution in [-0.2, 0) is 0 Å². The van der Waals surface area contributed by atoms with Gasteiger partial charge in [-0.25, -0.2) is 4.98 Å². The number of aromatic nitrogens is 2. The average molecular weight is 140 g/mol. The van der Waals surface area contributed by atoms with Crippen LogP contribution in [0.2, 0.25) is 0 Å². The smallest absolute Gasteiger partial charge is 0.216 e. The zero-order valence-electron chi connectivity index (χ0n) is 5.34. The monoisotopic (exact) mass is 140 g/mol. The Morgan fingerprint density at radius 2 is 2.40 bits per heavy atom. The Kier molecular flexibility index (Phi) is 1.71. The van der Waals surface area contributed by atoms with E-state index in [0.717, 1.165) is 6.07 Å². The maximum atomic E-state index is 12.2. The molecule has 0 bridgehead atoms. The molecular weight excluding hydrogens is 135 g/mol. The standard InChI is InChI=1S/C6H5FN2O/c1-4(10)6-8-3-2-5(7)9-6/h2-3H,1H3. The van der Waals surface area contributed by atoms with E-state index in [0.29, 0.717) is 0 Å². The van der Waals surface area contributed by atoms with Crippen LogP contribution in [0.25, 0.3) is 0 Å². The molecule has 0 aliphatic heterocycles. The summed E-state index contributed by atoms with van der Waals surface area (Å²) in [7, 11) is 0. The first-order valence-corrected chi connectivity index (χ1v) is 2.69. The minimum absolute atomic E-state index is 0.0833. The molecule has 0 saturated carbocycles. The molecule has 0 spiro atoms. The summed E-state index contributed by atoms with van der Waals surface area (Å²) in [6.45, 7) is 1.29.